The second-order valence-corrected chi connectivity index (χ2v) is 6.72. The van der Waals surface area contributed by atoms with Crippen molar-refractivity contribution >= 4 is 11.6 Å². The lowest BCUT2D eigenvalue weighted by Gasteiger charge is -2.37. The third-order valence-electron chi connectivity index (χ3n) is 4.64. The maximum Gasteiger partial charge on any atom is 0.142 e. The van der Waals surface area contributed by atoms with Crippen molar-refractivity contribution in [3.63, 3.8) is 0 Å². The van der Waals surface area contributed by atoms with E-state index in [9.17, 15) is 4.39 Å². The van der Waals surface area contributed by atoms with Gasteiger partial charge in [-0.15, -0.1) is 0 Å². The number of hydrogen-bond donors (Lipinski definition) is 1. The number of hydrogen-bond acceptors (Lipinski definition) is 1. The summed E-state index contributed by atoms with van der Waals surface area (Å²) in [6.45, 7) is 2.24. The molecule has 0 saturated heterocycles. The minimum atomic E-state index is -0.343. The summed E-state index contributed by atoms with van der Waals surface area (Å²) in [5.41, 5.74) is 7.16. The van der Waals surface area contributed by atoms with Crippen LogP contribution in [0.4, 0.5) is 4.39 Å². The van der Waals surface area contributed by atoms with Gasteiger partial charge < -0.3 is 5.73 Å². The second-order valence-electron chi connectivity index (χ2n) is 6.34. The fraction of sp³-hybridized carbons (Fsp3) is 0.647. The van der Waals surface area contributed by atoms with Crippen LogP contribution in [0.2, 0.25) is 5.02 Å². The molecule has 1 aliphatic rings. The molecule has 20 heavy (non-hydrogen) atoms. The van der Waals surface area contributed by atoms with Crippen molar-refractivity contribution in [1.82, 2.24) is 0 Å². The van der Waals surface area contributed by atoms with Crippen LogP contribution in [0.1, 0.15) is 57.4 Å². The Bertz CT molecular complexity index is 439. The van der Waals surface area contributed by atoms with E-state index < -0.39 is 0 Å². The summed E-state index contributed by atoms with van der Waals surface area (Å²) in [4.78, 5) is 0. The first-order valence-electron chi connectivity index (χ1n) is 7.76. The largest absolute Gasteiger partial charge is 0.325 e. The van der Waals surface area contributed by atoms with Crippen LogP contribution in [0.3, 0.4) is 0 Å². The smallest absolute Gasteiger partial charge is 0.142 e. The second kappa shape index (κ2) is 6.91. The Labute approximate surface area is 126 Å². The van der Waals surface area contributed by atoms with E-state index >= 15 is 0 Å². The minimum absolute atomic E-state index is 0.208. The molecule has 2 N–H and O–H groups in total. The number of rotatable bonds is 5. The molecule has 0 spiro atoms. The number of benzene rings is 1. The molecule has 2 rings (SSSR count). The Hall–Kier alpha value is -0.600. The topological polar surface area (TPSA) is 26.0 Å². The number of halogens is 2. The molecule has 0 aromatic heterocycles. The molecule has 1 aromatic carbocycles. The van der Waals surface area contributed by atoms with Crippen LogP contribution in [-0.2, 0) is 6.42 Å². The normalized spacial score (nSPS) is 26.7. The van der Waals surface area contributed by atoms with Crippen molar-refractivity contribution < 1.29 is 4.39 Å². The summed E-state index contributed by atoms with van der Waals surface area (Å²) in [5, 5.41) is 0.241. The average molecular weight is 298 g/mol. The summed E-state index contributed by atoms with van der Waals surface area (Å²) < 4.78 is 13.5. The zero-order valence-electron chi connectivity index (χ0n) is 12.3. The standard InChI is InChI=1S/C17H25ClFN/c1-2-3-5-13-8-10-17(20,11-9-13)12-14-6-4-7-15(19)16(14)18/h4,6-7,13H,2-3,5,8-12,20H2,1H3. The van der Waals surface area contributed by atoms with Crippen molar-refractivity contribution in [1.29, 1.82) is 0 Å². The molecule has 0 amide bonds. The molecule has 1 saturated carbocycles. The van der Waals surface area contributed by atoms with Gasteiger partial charge in [-0.1, -0.05) is 49.9 Å². The van der Waals surface area contributed by atoms with Gasteiger partial charge in [0.25, 0.3) is 0 Å². The first-order chi connectivity index (χ1) is 9.54. The van der Waals surface area contributed by atoms with Crippen LogP contribution in [0.25, 0.3) is 0 Å². The van der Waals surface area contributed by atoms with Crippen LogP contribution in [0.15, 0.2) is 18.2 Å². The van der Waals surface area contributed by atoms with Gasteiger partial charge >= 0.3 is 0 Å². The molecule has 0 aliphatic heterocycles. The van der Waals surface area contributed by atoms with E-state index in [2.05, 4.69) is 6.92 Å². The summed E-state index contributed by atoms with van der Waals surface area (Å²) in [6.07, 6.45) is 9.04. The monoisotopic (exact) mass is 297 g/mol. The predicted molar refractivity (Wildman–Crippen MR) is 83.5 cm³/mol. The molecule has 1 nitrogen and oxygen atoms in total. The molecular formula is C17H25ClFN. The third kappa shape index (κ3) is 3.95. The molecule has 0 atom stereocenters. The third-order valence-corrected chi connectivity index (χ3v) is 5.06. The van der Waals surface area contributed by atoms with Crippen LogP contribution < -0.4 is 5.73 Å². The van der Waals surface area contributed by atoms with E-state index in [0.29, 0.717) is 6.42 Å². The quantitative estimate of drug-likeness (QED) is 0.804. The summed E-state index contributed by atoms with van der Waals surface area (Å²) in [7, 11) is 0. The van der Waals surface area contributed by atoms with Crippen molar-refractivity contribution in [3.8, 4) is 0 Å². The maximum atomic E-state index is 13.5. The highest BCUT2D eigenvalue weighted by Crippen LogP contribution is 2.36. The molecule has 0 heterocycles. The Morgan fingerprint density at radius 1 is 1.35 bits per heavy atom. The lowest BCUT2D eigenvalue weighted by molar-refractivity contribution is 0.221. The first kappa shape index (κ1) is 15.8. The average Bonchev–Trinajstić information content (AvgIpc) is 2.43. The van der Waals surface area contributed by atoms with Gasteiger partial charge in [0.1, 0.15) is 5.82 Å². The van der Waals surface area contributed by atoms with E-state index in [1.807, 2.05) is 6.07 Å². The Morgan fingerprint density at radius 2 is 2.05 bits per heavy atom. The maximum absolute atomic E-state index is 13.5. The zero-order chi connectivity index (χ0) is 14.6. The molecule has 112 valence electrons. The van der Waals surface area contributed by atoms with E-state index in [0.717, 1.165) is 24.3 Å². The molecule has 0 radical (unpaired) electrons. The lowest BCUT2D eigenvalue weighted by atomic mass is 9.73. The summed E-state index contributed by atoms with van der Waals surface area (Å²) >= 11 is 6.04. The highest BCUT2D eigenvalue weighted by Gasteiger charge is 2.32. The van der Waals surface area contributed by atoms with Gasteiger partial charge in [0.05, 0.1) is 5.02 Å². The van der Waals surface area contributed by atoms with E-state index in [-0.39, 0.29) is 16.4 Å². The van der Waals surface area contributed by atoms with Crippen molar-refractivity contribution in [2.24, 2.45) is 11.7 Å². The molecule has 3 heteroatoms. The molecule has 0 bridgehead atoms. The zero-order valence-corrected chi connectivity index (χ0v) is 13.1. The van der Waals surface area contributed by atoms with E-state index in [1.165, 1.54) is 38.2 Å². The number of unbranched alkanes of at least 4 members (excludes halogenated alkanes) is 1. The highest BCUT2D eigenvalue weighted by atomic mass is 35.5. The Morgan fingerprint density at radius 3 is 2.70 bits per heavy atom. The van der Waals surface area contributed by atoms with Gasteiger partial charge in [-0.05, 0) is 49.7 Å². The van der Waals surface area contributed by atoms with Crippen LogP contribution in [-0.4, -0.2) is 5.54 Å². The van der Waals surface area contributed by atoms with Gasteiger partial charge in [0.2, 0.25) is 0 Å². The first-order valence-corrected chi connectivity index (χ1v) is 8.13. The molecule has 1 aromatic rings. The van der Waals surface area contributed by atoms with Crippen LogP contribution >= 0.6 is 11.6 Å². The van der Waals surface area contributed by atoms with Gasteiger partial charge in [-0.2, -0.15) is 0 Å². The SMILES string of the molecule is CCCCC1CCC(N)(Cc2cccc(F)c2Cl)CC1. The van der Waals surface area contributed by atoms with E-state index in [4.69, 9.17) is 17.3 Å². The van der Waals surface area contributed by atoms with Crippen LogP contribution in [0.5, 0.6) is 0 Å². The predicted octanol–water partition coefficient (Wildman–Crippen LogP) is 5.10. The van der Waals surface area contributed by atoms with Crippen molar-refractivity contribution in [3.05, 3.63) is 34.6 Å². The van der Waals surface area contributed by atoms with Gasteiger partial charge in [0.15, 0.2) is 0 Å². The van der Waals surface area contributed by atoms with Gasteiger partial charge in [-0.3, -0.25) is 0 Å². The molecule has 1 aliphatic carbocycles. The molecular weight excluding hydrogens is 273 g/mol. The van der Waals surface area contributed by atoms with Crippen molar-refractivity contribution in [2.45, 2.75) is 63.8 Å². The molecule has 1 fully saturated rings. The van der Waals surface area contributed by atoms with Crippen LogP contribution in [0, 0.1) is 11.7 Å². The Kier molecular flexibility index (Phi) is 5.45. The summed E-state index contributed by atoms with van der Waals surface area (Å²) in [5.74, 6) is 0.485. The molecule has 0 unspecified atom stereocenters. The van der Waals surface area contributed by atoms with Crippen molar-refractivity contribution in [2.75, 3.05) is 0 Å². The van der Waals surface area contributed by atoms with E-state index in [1.54, 1.807) is 6.07 Å². The number of nitrogens with two attached hydrogens (primary N) is 1. The summed E-state index contributed by atoms with van der Waals surface area (Å²) in [6, 6.07) is 5.01. The fourth-order valence-corrected chi connectivity index (χ4v) is 3.47. The van der Waals surface area contributed by atoms with Gasteiger partial charge in [-0.25, -0.2) is 4.39 Å². The fourth-order valence-electron chi connectivity index (χ4n) is 3.28. The minimum Gasteiger partial charge on any atom is -0.325 e. The lowest BCUT2D eigenvalue weighted by Crippen LogP contribution is -2.45. The van der Waals surface area contributed by atoms with Gasteiger partial charge in [0, 0.05) is 5.54 Å². The highest BCUT2D eigenvalue weighted by molar-refractivity contribution is 6.31. The Balaban J connectivity index is 1.95.